The zero-order valence-electron chi connectivity index (χ0n) is 11.0. The fourth-order valence-corrected chi connectivity index (χ4v) is 1.45. The number of primary amides is 1. The molecular formula is C13H18FN3O2. The number of rotatable bonds is 5. The fourth-order valence-electron chi connectivity index (χ4n) is 1.45. The summed E-state index contributed by atoms with van der Waals surface area (Å²) in [5.41, 5.74) is 9.94. The summed E-state index contributed by atoms with van der Waals surface area (Å²) in [5, 5.41) is 2.45. The minimum atomic E-state index is -0.783. The van der Waals surface area contributed by atoms with Gasteiger partial charge in [-0.25, -0.2) is 4.39 Å². The molecule has 0 aliphatic heterocycles. The molecule has 1 unspecified atom stereocenters. The van der Waals surface area contributed by atoms with Crippen molar-refractivity contribution >= 4 is 17.5 Å². The van der Waals surface area contributed by atoms with E-state index in [0.717, 1.165) is 6.07 Å². The predicted octanol–water partition coefficient (Wildman–Crippen LogP) is 1.24. The van der Waals surface area contributed by atoms with Crippen molar-refractivity contribution in [2.24, 2.45) is 16.9 Å². The van der Waals surface area contributed by atoms with Gasteiger partial charge in [0.1, 0.15) is 5.82 Å². The molecule has 0 heterocycles. The maximum atomic E-state index is 13.6. The monoisotopic (exact) mass is 267 g/mol. The van der Waals surface area contributed by atoms with Crippen LogP contribution in [0.15, 0.2) is 18.2 Å². The number of halogens is 1. The van der Waals surface area contributed by atoms with E-state index < -0.39 is 23.0 Å². The van der Waals surface area contributed by atoms with E-state index in [2.05, 4.69) is 5.32 Å². The number of hydrogen-bond donors (Lipinski definition) is 3. The molecular weight excluding hydrogens is 249 g/mol. The Labute approximate surface area is 111 Å². The fraction of sp³-hybridized carbons (Fsp3) is 0.385. The second-order valence-corrected chi connectivity index (χ2v) is 4.63. The van der Waals surface area contributed by atoms with Gasteiger partial charge in [0.15, 0.2) is 0 Å². The molecule has 5 nitrogen and oxygen atoms in total. The molecule has 0 fully saturated rings. The van der Waals surface area contributed by atoms with Gasteiger partial charge in [0.05, 0.1) is 11.1 Å². The largest absolute Gasteiger partial charge is 0.366 e. The third-order valence-corrected chi connectivity index (χ3v) is 3.28. The van der Waals surface area contributed by atoms with Crippen molar-refractivity contribution in [3.63, 3.8) is 0 Å². The van der Waals surface area contributed by atoms with Crippen molar-refractivity contribution in [2.45, 2.75) is 20.3 Å². The topological polar surface area (TPSA) is 98.2 Å². The average Bonchev–Trinajstić information content (AvgIpc) is 2.39. The van der Waals surface area contributed by atoms with Crippen LogP contribution in [0.4, 0.5) is 10.1 Å². The van der Waals surface area contributed by atoms with Gasteiger partial charge < -0.3 is 16.8 Å². The van der Waals surface area contributed by atoms with Crippen LogP contribution >= 0.6 is 0 Å². The lowest BCUT2D eigenvalue weighted by Crippen LogP contribution is -2.39. The lowest BCUT2D eigenvalue weighted by Gasteiger charge is -2.25. The van der Waals surface area contributed by atoms with E-state index in [4.69, 9.17) is 11.5 Å². The SMILES string of the molecule is CCC(C)(CN)C(=O)Nc1cc(C(N)=O)ccc1F. The Morgan fingerprint density at radius 2 is 2.05 bits per heavy atom. The molecule has 0 aromatic heterocycles. The van der Waals surface area contributed by atoms with Crippen LogP contribution in [0.25, 0.3) is 0 Å². The van der Waals surface area contributed by atoms with Crippen LogP contribution in [-0.2, 0) is 4.79 Å². The maximum absolute atomic E-state index is 13.6. The Balaban J connectivity index is 3.02. The molecule has 0 radical (unpaired) electrons. The molecule has 2 amide bonds. The van der Waals surface area contributed by atoms with Gasteiger partial charge in [-0.05, 0) is 31.5 Å². The highest BCUT2D eigenvalue weighted by molar-refractivity contribution is 5.98. The number of carbonyl (C=O) groups excluding carboxylic acids is 2. The summed E-state index contributed by atoms with van der Waals surface area (Å²) < 4.78 is 13.6. The molecule has 0 aliphatic carbocycles. The summed E-state index contributed by atoms with van der Waals surface area (Å²) in [4.78, 5) is 23.1. The minimum absolute atomic E-state index is 0.0746. The number of hydrogen-bond acceptors (Lipinski definition) is 3. The standard InChI is InChI=1S/C13H18FN3O2/c1-3-13(2,7-15)12(19)17-10-6-8(11(16)18)4-5-9(10)14/h4-6H,3,7,15H2,1-2H3,(H2,16,18)(H,17,19). The first kappa shape index (κ1) is 15.1. The van der Waals surface area contributed by atoms with Gasteiger partial charge in [-0.1, -0.05) is 6.92 Å². The molecule has 0 spiro atoms. The van der Waals surface area contributed by atoms with Gasteiger partial charge in [-0.15, -0.1) is 0 Å². The second kappa shape index (κ2) is 5.79. The summed E-state index contributed by atoms with van der Waals surface area (Å²) in [6.07, 6.45) is 0.520. The lowest BCUT2D eigenvalue weighted by atomic mass is 9.86. The number of anilines is 1. The molecule has 1 aromatic carbocycles. The summed E-state index contributed by atoms with van der Waals surface area (Å²) in [6, 6.07) is 3.55. The van der Waals surface area contributed by atoms with Crippen LogP contribution in [0.3, 0.4) is 0 Å². The Bertz CT molecular complexity index is 499. The van der Waals surface area contributed by atoms with E-state index >= 15 is 0 Å². The Hall–Kier alpha value is -1.95. The summed E-state index contributed by atoms with van der Waals surface area (Å²) in [6.45, 7) is 3.66. The second-order valence-electron chi connectivity index (χ2n) is 4.63. The quantitative estimate of drug-likeness (QED) is 0.748. The van der Waals surface area contributed by atoms with Crippen molar-refractivity contribution in [2.75, 3.05) is 11.9 Å². The van der Waals surface area contributed by atoms with E-state index in [1.165, 1.54) is 12.1 Å². The molecule has 0 saturated heterocycles. The molecule has 0 saturated carbocycles. The van der Waals surface area contributed by atoms with Crippen LogP contribution in [0.2, 0.25) is 0 Å². The van der Waals surface area contributed by atoms with Crippen molar-refractivity contribution in [3.05, 3.63) is 29.6 Å². The number of carbonyl (C=O) groups is 2. The van der Waals surface area contributed by atoms with Crippen LogP contribution in [-0.4, -0.2) is 18.4 Å². The van der Waals surface area contributed by atoms with Crippen LogP contribution < -0.4 is 16.8 Å². The van der Waals surface area contributed by atoms with Gasteiger partial charge in [0.2, 0.25) is 11.8 Å². The summed E-state index contributed by atoms with van der Waals surface area (Å²) in [7, 11) is 0. The van der Waals surface area contributed by atoms with E-state index in [-0.39, 0.29) is 17.8 Å². The normalized spacial score (nSPS) is 13.7. The molecule has 1 rings (SSSR count). The van der Waals surface area contributed by atoms with E-state index in [1.54, 1.807) is 6.92 Å². The Morgan fingerprint density at radius 3 is 2.53 bits per heavy atom. The highest BCUT2D eigenvalue weighted by Crippen LogP contribution is 2.23. The molecule has 1 atom stereocenters. The van der Waals surface area contributed by atoms with Gasteiger partial charge >= 0.3 is 0 Å². The minimum Gasteiger partial charge on any atom is -0.366 e. The number of amides is 2. The molecule has 6 heteroatoms. The first-order valence-electron chi connectivity index (χ1n) is 5.95. The zero-order valence-corrected chi connectivity index (χ0v) is 11.0. The van der Waals surface area contributed by atoms with Crippen LogP contribution in [0.1, 0.15) is 30.6 Å². The summed E-state index contributed by atoms with van der Waals surface area (Å²) >= 11 is 0. The van der Waals surface area contributed by atoms with Crippen molar-refractivity contribution in [3.8, 4) is 0 Å². The average molecular weight is 267 g/mol. The first-order valence-corrected chi connectivity index (χ1v) is 5.95. The van der Waals surface area contributed by atoms with Crippen LogP contribution in [0.5, 0.6) is 0 Å². The van der Waals surface area contributed by atoms with Gasteiger partial charge in [-0.3, -0.25) is 9.59 Å². The third-order valence-electron chi connectivity index (χ3n) is 3.28. The highest BCUT2D eigenvalue weighted by atomic mass is 19.1. The molecule has 0 aliphatic rings. The van der Waals surface area contributed by atoms with Crippen molar-refractivity contribution < 1.29 is 14.0 Å². The number of nitrogens with two attached hydrogens (primary N) is 2. The molecule has 0 bridgehead atoms. The van der Waals surface area contributed by atoms with E-state index in [0.29, 0.717) is 6.42 Å². The molecule has 1 aromatic rings. The number of benzene rings is 1. The van der Waals surface area contributed by atoms with Gasteiger partial charge in [-0.2, -0.15) is 0 Å². The Kier molecular flexibility index (Phi) is 4.61. The molecule has 5 N–H and O–H groups in total. The van der Waals surface area contributed by atoms with Crippen LogP contribution in [0, 0.1) is 11.2 Å². The van der Waals surface area contributed by atoms with Crippen molar-refractivity contribution in [1.82, 2.24) is 0 Å². The summed E-state index contributed by atoms with van der Waals surface area (Å²) in [5.74, 6) is -1.71. The predicted molar refractivity (Wildman–Crippen MR) is 71.0 cm³/mol. The lowest BCUT2D eigenvalue weighted by molar-refractivity contribution is -0.124. The Morgan fingerprint density at radius 1 is 1.42 bits per heavy atom. The van der Waals surface area contributed by atoms with E-state index in [1.807, 2.05) is 6.92 Å². The maximum Gasteiger partial charge on any atom is 0.248 e. The smallest absolute Gasteiger partial charge is 0.248 e. The zero-order chi connectivity index (χ0) is 14.6. The first-order chi connectivity index (χ1) is 8.84. The molecule has 19 heavy (non-hydrogen) atoms. The van der Waals surface area contributed by atoms with Gasteiger partial charge in [0.25, 0.3) is 0 Å². The number of nitrogens with one attached hydrogen (secondary N) is 1. The molecule has 104 valence electrons. The highest BCUT2D eigenvalue weighted by Gasteiger charge is 2.30. The van der Waals surface area contributed by atoms with Gasteiger partial charge in [0, 0.05) is 12.1 Å². The third kappa shape index (κ3) is 3.29. The van der Waals surface area contributed by atoms with Crippen molar-refractivity contribution in [1.29, 1.82) is 0 Å². The van der Waals surface area contributed by atoms with E-state index in [9.17, 15) is 14.0 Å².